The molecule has 1 N–H and O–H groups in total. The van der Waals surface area contributed by atoms with Gasteiger partial charge in [0.15, 0.2) is 18.1 Å². The number of carbonyl (C=O) groups excluding carboxylic acids is 3. The lowest BCUT2D eigenvalue weighted by atomic mass is 10.1. The van der Waals surface area contributed by atoms with Gasteiger partial charge in [0.2, 0.25) is 5.91 Å². The first-order valence-electron chi connectivity index (χ1n) is 12.4. The maximum Gasteiger partial charge on any atom is 0.260 e. The van der Waals surface area contributed by atoms with Gasteiger partial charge in [0, 0.05) is 43.9 Å². The summed E-state index contributed by atoms with van der Waals surface area (Å²) in [6.07, 6.45) is 4.71. The maximum absolute atomic E-state index is 12.8. The quantitative estimate of drug-likeness (QED) is 0.595. The fraction of sp³-hybridized carbons (Fsp3) is 0.444. The number of piperidine rings is 1. The number of ether oxygens (including phenoxy) is 2. The predicted molar refractivity (Wildman–Crippen MR) is 133 cm³/mol. The maximum atomic E-state index is 12.8. The first kappa shape index (κ1) is 24.6. The van der Waals surface area contributed by atoms with Gasteiger partial charge in [-0.25, -0.2) is 0 Å². The monoisotopic (exact) mass is 479 g/mol. The first-order chi connectivity index (χ1) is 17.0. The zero-order chi connectivity index (χ0) is 24.6. The fourth-order valence-electron chi connectivity index (χ4n) is 4.41. The van der Waals surface area contributed by atoms with Crippen molar-refractivity contribution in [3.8, 4) is 11.5 Å². The van der Waals surface area contributed by atoms with Gasteiger partial charge in [0.1, 0.15) is 0 Å². The summed E-state index contributed by atoms with van der Waals surface area (Å²) in [4.78, 5) is 40.7. The number of nitrogens with zero attached hydrogens (tertiary/aromatic N) is 2. The van der Waals surface area contributed by atoms with Gasteiger partial charge in [-0.3, -0.25) is 14.4 Å². The van der Waals surface area contributed by atoms with Crippen LogP contribution in [-0.4, -0.2) is 55.5 Å². The number of hydrogen-bond acceptors (Lipinski definition) is 5. The van der Waals surface area contributed by atoms with Crippen LogP contribution in [0.15, 0.2) is 42.5 Å². The normalized spacial score (nSPS) is 15.7. The van der Waals surface area contributed by atoms with E-state index in [1.807, 2.05) is 36.1 Å². The van der Waals surface area contributed by atoms with Crippen molar-refractivity contribution in [1.82, 2.24) is 10.2 Å². The van der Waals surface area contributed by atoms with Crippen LogP contribution in [0.2, 0.25) is 0 Å². The Morgan fingerprint density at radius 3 is 2.37 bits per heavy atom. The van der Waals surface area contributed by atoms with Crippen molar-refractivity contribution >= 4 is 23.4 Å². The summed E-state index contributed by atoms with van der Waals surface area (Å²) >= 11 is 0. The Hall–Kier alpha value is -3.55. The van der Waals surface area contributed by atoms with E-state index < -0.39 is 0 Å². The molecule has 2 aromatic rings. The van der Waals surface area contributed by atoms with Crippen LogP contribution < -0.4 is 19.7 Å². The van der Waals surface area contributed by atoms with Crippen molar-refractivity contribution in [2.45, 2.75) is 45.6 Å². The number of amides is 3. The van der Waals surface area contributed by atoms with Gasteiger partial charge in [0.05, 0.1) is 6.61 Å². The smallest absolute Gasteiger partial charge is 0.260 e. The lowest BCUT2D eigenvalue weighted by Gasteiger charge is -2.26. The van der Waals surface area contributed by atoms with Gasteiger partial charge < -0.3 is 24.6 Å². The molecule has 2 saturated heterocycles. The van der Waals surface area contributed by atoms with Crippen LogP contribution in [-0.2, 0) is 16.1 Å². The molecule has 0 unspecified atom stereocenters. The number of nitrogens with one attached hydrogen (secondary N) is 1. The molecule has 0 aliphatic carbocycles. The summed E-state index contributed by atoms with van der Waals surface area (Å²) in [5.74, 6) is 0.765. The Morgan fingerprint density at radius 1 is 0.914 bits per heavy atom. The third kappa shape index (κ3) is 6.32. The molecule has 8 heteroatoms. The molecule has 0 atom stereocenters. The minimum atomic E-state index is -0.235. The third-order valence-corrected chi connectivity index (χ3v) is 6.34. The van der Waals surface area contributed by atoms with E-state index in [1.54, 1.807) is 23.1 Å². The van der Waals surface area contributed by atoms with E-state index in [-0.39, 0.29) is 24.3 Å². The molecule has 2 heterocycles. The van der Waals surface area contributed by atoms with Gasteiger partial charge >= 0.3 is 0 Å². The van der Waals surface area contributed by atoms with Crippen LogP contribution >= 0.6 is 0 Å². The predicted octanol–water partition coefficient (Wildman–Crippen LogP) is 3.53. The summed E-state index contributed by atoms with van der Waals surface area (Å²) in [7, 11) is 0. The number of likely N-dealkylation sites (tertiary alicyclic amines) is 1. The average molecular weight is 480 g/mol. The van der Waals surface area contributed by atoms with Gasteiger partial charge in [-0.2, -0.15) is 0 Å². The van der Waals surface area contributed by atoms with Gasteiger partial charge in [-0.1, -0.05) is 12.1 Å². The SMILES string of the molecule is CCOc1cc(C(=O)NCc2ccc(N3CCCC3=O)cc2)ccc1OCC(=O)N1CCCCC1. The molecule has 2 aliphatic heterocycles. The molecular formula is C27H33N3O5. The van der Waals surface area contributed by atoms with E-state index in [9.17, 15) is 14.4 Å². The molecule has 8 nitrogen and oxygen atoms in total. The Bertz CT molecular complexity index is 1050. The average Bonchev–Trinajstić information content (AvgIpc) is 3.33. The molecule has 0 spiro atoms. The molecule has 4 rings (SSSR count). The second-order valence-corrected chi connectivity index (χ2v) is 8.82. The Kier molecular flexibility index (Phi) is 8.23. The van der Waals surface area contributed by atoms with Crippen molar-refractivity contribution in [1.29, 1.82) is 0 Å². The zero-order valence-corrected chi connectivity index (χ0v) is 20.3. The minimum absolute atomic E-state index is 0.0333. The Labute approximate surface area is 206 Å². The van der Waals surface area contributed by atoms with Crippen LogP contribution in [0.25, 0.3) is 0 Å². The fourth-order valence-corrected chi connectivity index (χ4v) is 4.41. The number of benzene rings is 2. The van der Waals surface area contributed by atoms with E-state index >= 15 is 0 Å². The molecule has 2 fully saturated rings. The van der Waals surface area contributed by atoms with Crippen molar-refractivity contribution in [3.63, 3.8) is 0 Å². The number of hydrogen-bond donors (Lipinski definition) is 1. The Balaban J connectivity index is 1.33. The van der Waals surface area contributed by atoms with E-state index in [0.717, 1.165) is 56.6 Å². The van der Waals surface area contributed by atoms with E-state index in [1.165, 1.54) is 0 Å². The van der Waals surface area contributed by atoms with Crippen LogP contribution in [0.4, 0.5) is 5.69 Å². The van der Waals surface area contributed by atoms with Crippen molar-refractivity contribution in [3.05, 3.63) is 53.6 Å². The highest BCUT2D eigenvalue weighted by Crippen LogP contribution is 2.29. The lowest BCUT2D eigenvalue weighted by Crippen LogP contribution is -2.38. The highest BCUT2D eigenvalue weighted by atomic mass is 16.5. The second-order valence-electron chi connectivity index (χ2n) is 8.82. The highest BCUT2D eigenvalue weighted by molar-refractivity contribution is 5.95. The summed E-state index contributed by atoms with van der Waals surface area (Å²) in [6.45, 7) is 4.88. The van der Waals surface area contributed by atoms with Crippen LogP contribution in [0.3, 0.4) is 0 Å². The molecule has 186 valence electrons. The van der Waals surface area contributed by atoms with E-state index in [2.05, 4.69) is 5.32 Å². The van der Waals surface area contributed by atoms with Gasteiger partial charge in [-0.15, -0.1) is 0 Å². The Morgan fingerprint density at radius 2 is 1.69 bits per heavy atom. The summed E-state index contributed by atoms with van der Waals surface area (Å²) in [6, 6.07) is 12.6. The summed E-state index contributed by atoms with van der Waals surface area (Å²) in [5, 5.41) is 2.92. The molecule has 0 saturated carbocycles. The van der Waals surface area contributed by atoms with Gasteiger partial charge in [-0.05, 0) is 68.5 Å². The molecule has 2 aliphatic rings. The molecule has 2 aromatic carbocycles. The topological polar surface area (TPSA) is 88.2 Å². The highest BCUT2D eigenvalue weighted by Gasteiger charge is 2.21. The minimum Gasteiger partial charge on any atom is -0.490 e. The van der Waals surface area contributed by atoms with Crippen molar-refractivity contribution < 1.29 is 23.9 Å². The van der Waals surface area contributed by atoms with Crippen LogP contribution in [0, 0.1) is 0 Å². The van der Waals surface area contributed by atoms with Crippen LogP contribution in [0.5, 0.6) is 11.5 Å². The number of rotatable bonds is 9. The zero-order valence-electron chi connectivity index (χ0n) is 20.3. The third-order valence-electron chi connectivity index (χ3n) is 6.34. The van der Waals surface area contributed by atoms with E-state index in [4.69, 9.17) is 9.47 Å². The van der Waals surface area contributed by atoms with Crippen molar-refractivity contribution in [2.24, 2.45) is 0 Å². The largest absolute Gasteiger partial charge is 0.490 e. The van der Waals surface area contributed by atoms with Crippen LogP contribution in [0.1, 0.15) is 54.9 Å². The molecule has 0 bridgehead atoms. The molecular weight excluding hydrogens is 446 g/mol. The molecule has 0 aromatic heterocycles. The number of carbonyl (C=O) groups is 3. The first-order valence-corrected chi connectivity index (χ1v) is 12.4. The van der Waals surface area contributed by atoms with Crippen molar-refractivity contribution in [2.75, 3.05) is 37.7 Å². The molecule has 0 radical (unpaired) electrons. The molecule has 3 amide bonds. The summed E-state index contributed by atoms with van der Waals surface area (Å²) < 4.78 is 11.4. The van der Waals surface area contributed by atoms with E-state index in [0.29, 0.717) is 36.6 Å². The van der Waals surface area contributed by atoms with Gasteiger partial charge in [0.25, 0.3) is 11.8 Å². The lowest BCUT2D eigenvalue weighted by molar-refractivity contribution is -0.134. The standard InChI is InChI=1S/C27H33N3O5/c1-2-34-24-17-21(10-13-23(24)35-19-26(32)29-14-4-3-5-15-29)27(33)28-18-20-8-11-22(12-9-20)30-16-6-7-25(30)31/h8-13,17H,2-7,14-16,18-19H2,1H3,(H,28,33). The number of anilines is 1. The molecule has 35 heavy (non-hydrogen) atoms. The summed E-state index contributed by atoms with van der Waals surface area (Å²) in [5.41, 5.74) is 2.27. The second kappa shape index (κ2) is 11.7.